The molecule has 2 aromatic rings. The van der Waals surface area contributed by atoms with Crippen LogP contribution in [0.3, 0.4) is 0 Å². The first-order valence-corrected chi connectivity index (χ1v) is 6.88. The maximum atomic E-state index is 10.6. The molecule has 2 rings (SSSR count). The number of hydrogen-bond donors (Lipinski definition) is 1. The van der Waals surface area contributed by atoms with Crippen LogP contribution in [0.15, 0.2) is 36.4 Å². The van der Waals surface area contributed by atoms with Crippen molar-refractivity contribution in [1.29, 1.82) is 0 Å². The Morgan fingerprint density at radius 1 is 1.10 bits per heavy atom. The van der Waals surface area contributed by atoms with Crippen LogP contribution in [0.2, 0.25) is 0 Å². The highest BCUT2D eigenvalue weighted by molar-refractivity contribution is 5.84. The molecule has 0 aliphatic heterocycles. The van der Waals surface area contributed by atoms with Gasteiger partial charge in [0.15, 0.2) is 0 Å². The fraction of sp³-hybridized carbons (Fsp3) is 0.412. The zero-order chi connectivity index (χ0) is 14.8. The summed E-state index contributed by atoms with van der Waals surface area (Å²) in [6.07, 6.45) is 0.710. The Balaban J connectivity index is 2.31. The van der Waals surface area contributed by atoms with Gasteiger partial charge >= 0.3 is 0 Å². The van der Waals surface area contributed by atoms with Gasteiger partial charge in [-0.3, -0.25) is 0 Å². The van der Waals surface area contributed by atoms with Gasteiger partial charge in [-0.25, -0.2) is 0 Å². The van der Waals surface area contributed by atoms with E-state index < -0.39 is 5.60 Å². The lowest BCUT2D eigenvalue weighted by atomic mass is 9.90. The molecule has 3 nitrogen and oxygen atoms in total. The molecule has 3 heteroatoms. The molecule has 0 aliphatic rings. The number of aliphatic hydroxyl groups is 1. The molecule has 0 bridgehead atoms. The SMILES string of the molecule is COc1ccc2cc([C@@](C)(O)CCN(C)C)ccc2c1. The molecule has 0 spiro atoms. The van der Waals surface area contributed by atoms with Crippen molar-refractivity contribution >= 4 is 10.8 Å². The topological polar surface area (TPSA) is 32.7 Å². The standard InChI is InChI=1S/C17H23NO2/c1-17(19,9-10-18(2)3)15-7-5-14-12-16(20-4)8-6-13(14)11-15/h5-8,11-12,19H,9-10H2,1-4H3/t17-/m0/s1. The summed E-state index contributed by atoms with van der Waals surface area (Å²) >= 11 is 0. The van der Waals surface area contributed by atoms with Gasteiger partial charge in [-0.05, 0) is 62.0 Å². The van der Waals surface area contributed by atoms with Crippen molar-refractivity contribution in [2.75, 3.05) is 27.7 Å². The van der Waals surface area contributed by atoms with Gasteiger partial charge in [0.05, 0.1) is 12.7 Å². The maximum absolute atomic E-state index is 10.6. The summed E-state index contributed by atoms with van der Waals surface area (Å²) in [5.41, 5.74) is 0.148. The fourth-order valence-electron chi connectivity index (χ4n) is 2.27. The first-order chi connectivity index (χ1) is 9.42. The molecule has 1 atom stereocenters. The number of methoxy groups -OCH3 is 1. The smallest absolute Gasteiger partial charge is 0.119 e. The fourth-order valence-corrected chi connectivity index (χ4v) is 2.27. The van der Waals surface area contributed by atoms with Crippen LogP contribution in [0.5, 0.6) is 5.75 Å². The average Bonchev–Trinajstić information content (AvgIpc) is 2.44. The molecule has 20 heavy (non-hydrogen) atoms. The number of rotatable bonds is 5. The first kappa shape index (κ1) is 14.8. The molecule has 108 valence electrons. The van der Waals surface area contributed by atoms with Crippen molar-refractivity contribution in [2.45, 2.75) is 18.9 Å². The average molecular weight is 273 g/mol. The highest BCUT2D eigenvalue weighted by Gasteiger charge is 2.23. The second-order valence-corrected chi connectivity index (χ2v) is 5.75. The molecular formula is C17H23NO2. The van der Waals surface area contributed by atoms with Gasteiger partial charge in [0, 0.05) is 6.54 Å². The summed E-state index contributed by atoms with van der Waals surface area (Å²) < 4.78 is 5.23. The minimum Gasteiger partial charge on any atom is -0.497 e. The lowest BCUT2D eigenvalue weighted by Gasteiger charge is -2.26. The van der Waals surface area contributed by atoms with Crippen LogP contribution >= 0.6 is 0 Å². The minimum absolute atomic E-state index is 0.710. The third-order valence-corrected chi connectivity index (χ3v) is 3.72. The molecule has 0 saturated carbocycles. The Bertz CT molecular complexity index is 591. The highest BCUT2D eigenvalue weighted by atomic mass is 16.5. The van der Waals surface area contributed by atoms with Crippen LogP contribution in [0.1, 0.15) is 18.9 Å². The van der Waals surface area contributed by atoms with E-state index >= 15 is 0 Å². The van der Waals surface area contributed by atoms with Gasteiger partial charge in [-0.1, -0.05) is 18.2 Å². The molecule has 0 aromatic heterocycles. The molecule has 0 saturated heterocycles. The Labute approximate surface area is 120 Å². The van der Waals surface area contributed by atoms with E-state index in [1.165, 1.54) is 0 Å². The zero-order valence-corrected chi connectivity index (χ0v) is 12.7. The second-order valence-electron chi connectivity index (χ2n) is 5.75. The van der Waals surface area contributed by atoms with Crippen molar-refractivity contribution < 1.29 is 9.84 Å². The summed E-state index contributed by atoms with van der Waals surface area (Å²) in [5, 5.41) is 12.9. The predicted molar refractivity (Wildman–Crippen MR) is 83.2 cm³/mol. The number of fused-ring (bicyclic) bond motifs is 1. The van der Waals surface area contributed by atoms with Crippen LogP contribution < -0.4 is 4.74 Å². The van der Waals surface area contributed by atoms with E-state index in [1.807, 2.05) is 51.4 Å². The normalized spacial score (nSPS) is 14.5. The number of ether oxygens (including phenoxy) is 1. The van der Waals surface area contributed by atoms with Crippen molar-refractivity contribution in [3.63, 3.8) is 0 Å². The zero-order valence-electron chi connectivity index (χ0n) is 12.7. The van der Waals surface area contributed by atoms with Crippen molar-refractivity contribution in [2.24, 2.45) is 0 Å². The van der Waals surface area contributed by atoms with Gasteiger partial charge in [0.2, 0.25) is 0 Å². The largest absolute Gasteiger partial charge is 0.497 e. The number of hydrogen-bond acceptors (Lipinski definition) is 3. The summed E-state index contributed by atoms with van der Waals surface area (Å²) in [6, 6.07) is 12.1. The summed E-state index contributed by atoms with van der Waals surface area (Å²) in [4.78, 5) is 2.08. The molecule has 2 aromatic carbocycles. The molecule has 0 aliphatic carbocycles. The quantitative estimate of drug-likeness (QED) is 0.909. The summed E-state index contributed by atoms with van der Waals surface area (Å²) in [7, 11) is 5.70. The minimum atomic E-state index is -0.807. The van der Waals surface area contributed by atoms with E-state index in [1.54, 1.807) is 7.11 Å². The summed E-state index contributed by atoms with van der Waals surface area (Å²) in [6.45, 7) is 2.73. The van der Waals surface area contributed by atoms with Gasteiger partial charge in [-0.2, -0.15) is 0 Å². The van der Waals surface area contributed by atoms with E-state index in [9.17, 15) is 5.11 Å². The van der Waals surface area contributed by atoms with E-state index in [4.69, 9.17) is 4.74 Å². The Morgan fingerprint density at radius 2 is 1.75 bits per heavy atom. The second kappa shape index (κ2) is 5.81. The molecule has 0 heterocycles. The monoisotopic (exact) mass is 273 g/mol. The highest BCUT2D eigenvalue weighted by Crippen LogP contribution is 2.29. The van der Waals surface area contributed by atoms with E-state index in [0.717, 1.165) is 28.6 Å². The molecular weight excluding hydrogens is 250 g/mol. The van der Waals surface area contributed by atoms with Gasteiger partial charge in [0.25, 0.3) is 0 Å². The number of benzene rings is 2. The molecule has 1 N–H and O–H groups in total. The van der Waals surface area contributed by atoms with Crippen molar-refractivity contribution in [3.8, 4) is 5.75 Å². The van der Waals surface area contributed by atoms with Crippen LogP contribution in [0.25, 0.3) is 10.8 Å². The van der Waals surface area contributed by atoms with Crippen molar-refractivity contribution in [1.82, 2.24) is 4.90 Å². The van der Waals surface area contributed by atoms with E-state index in [2.05, 4.69) is 11.0 Å². The third kappa shape index (κ3) is 3.30. The Morgan fingerprint density at radius 3 is 2.40 bits per heavy atom. The van der Waals surface area contributed by atoms with Crippen LogP contribution in [0, 0.1) is 0 Å². The van der Waals surface area contributed by atoms with E-state index in [-0.39, 0.29) is 0 Å². The Hall–Kier alpha value is -1.58. The molecule has 0 fully saturated rings. The Kier molecular flexibility index (Phi) is 4.31. The van der Waals surface area contributed by atoms with Gasteiger partial charge in [0.1, 0.15) is 5.75 Å². The van der Waals surface area contributed by atoms with Crippen LogP contribution in [0.4, 0.5) is 0 Å². The number of nitrogens with zero attached hydrogens (tertiary/aromatic N) is 1. The molecule has 0 unspecified atom stereocenters. The lowest BCUT2D eigenvalue weighted by molar-refractivity contribution is 0.0407. The van der Waals surface area contributed by atoms with Gasteiger partial charge in [-0.15, -0.1) is 0 Å². The van der Waals surface area contributed by atoms with Crippen LogP contribution in [-0.4, -0.2) is 37.8 Å². The predicted octanol–water partition coefficient (Wildman–Crippen LogP) is 3.01. The van der Waals surface area contributed by atoms with E-state index in [0.29, 0.717) is 6.42 Å². The van der Waals surface area contributed by atoms with Crippen molar-refractivity contribution in [3.05, 3.63) is 42.0 Å². The third-order valence-electron chi connectivity index (χ3n) is 3.72. The molecule has 0 radical (unpaired) electrons. The van der Waals surface area contributed by atoms with Gasteiger partial charge < -0.3 is 14.7 Å². The van der Waals surface area contributed by atoms with Crippen LogP contribution in [-0.2, 0) is 5.60 Å². The summed E-state index contributed by atoms with van der Waals surface area (Å²) in [5.74, 6) is 0.851. The molecule has 0 amide bonds. The lowest BCUT2D eigenvalue weighted by Crippen LogP contribution is -2.27. The first-order valence-electron chi connectivity index (χ1n) is 6.88. The maximum Gasteiger partial charge on any atom is 0.119 e.